The Balaban J connectivity index is 1.86. The van der Waals surface area contributed by atoms with Gasteiger partial charge in [0.25, 0.3) is 5.91 Å². The monoisotopic (exact) mass is 696 g/mol. The minimum absolute atomic E-state index is 0.0607. The number of ketones is 1. The van der Waals surface area contributed by atoms with Crippen LogP contribution in [-0.2, 0) is 44.6 Å². The number of methoxy groups -OCH3 is 2. The molecule has 0 bridgehead atoms. The van der Waals surface area contributed by atoms with Gasteiger partial charge in [-0.05, 0) is 82.9 Å². The van der Waals surface area contributed by atoms with Gasteiger partial charge in [0, 0.05) is 25.7 Å². The van der Waals surface area contributed by atoms with Crippen LogP contribution in [0.3, 0.4) is 0 Å². The Kier molecular flexibility index (Phi) is 14.0. The van der Waals surface area contributed by atoms with Gasteiger partial charge in [0.05, 0.1) is 19.6 Å². The molecule has 0 unspecified atom stereocenters. The SMILES string of the molecule is C=CC(=O)OCC(C)(C)C(=O)C(=O)N1CCNC[C@H]1C(=O)O[C@H](CCc1ccc(OC)c(OC)c1)c1cccc(OCC(=O)OC(C)(C)C)c1. The third-order valence-electron chi connectivity index (χ3n) is 7.74. The Morgan fingerprint density at radius 3 is 2.38 bits per heavy atom. The molecular weight excluding hydrogens is 648 g/mol. The van der Waals surface area contributed by atoms with Crippen LogP contribution in [0, 0.1) is 5.41 Å². The number of nitrogens with one attached hydrogen (secondary N) is 1. The number of carbonyl (C=O) groups excluding carboxylic acids is 5. The van der Waals surface area contributed by atoms with E-state index in [1.54, 1.807) is 65.3 Å². The third kappa shape index (κ3) is 11.3. The van der Waals surface area contributed by atoms with Crippen molar-refractivity contribution in [2.45, 2.75) is 65.2 Å². The summed E-state index contributed by atoms with van der Waals surface area (Å²) in [4.78, 5) is 65.8. The molecule has 13 nitrogen and oxygen atoms in total. The van der Waals surface area contributed by atoms with Crippen molar-refractivity contribution >= 4 is 29.6 Å². The molecule has 1 N–H and O–H groups in total. The van der Waals surface area contributed by atoms with E-state index in [0.29, 0.717) is 42.2 Å². The summed E-state index contributed by atoms with van der Waals surface area (Å²) in [6.07, 6.45) is 0.939. The van der Waals surface area contributed by atoms with Crippen molar-refractivity contribution in [3.05, 3.63) is 66.2 Å². The van der Waals surface area contributed by atoms with E-state index in [1.165, 1.54) is 18.7 Å². The number of piperazine rings is 1. The summed E-state index contributed by atoms with van der Waals surface area (Å²) in [6, 6.07) is 11.2. The fourth-order valence-electron chi connectivity index (χ4n) is 5.12. The second kappa shape index (κ2) is 17.7. The molecule has 0 aliphatic carbocycles. The van der Waals surface area contributed by atoms with Gasteiger partial charge < -0.3 is 38.6 Å². The molecule has 1 saturated heterocycles. The molecule has 1 fully saturated rings. The number of hydrogen-bond acceptors (Lipinski definition) is 12. The summed E-state index contributed by atoms with van der Waals surface area (Å²) >= 11 is 0. The number of benzene rings is 2. The molecule has 0 spiro atoms. The van der Waals surface area contributed by atoms with Gasteiger partial charge in [-0.1, -0.05) is 24.8 Å². The quantitative estimate of drug-likeness (QED) is 0.118. The van der Waals surface area contributed by atoms with Crippen molar-refractivity contribution in [2.75, 3.05) is 47.1 Å². The van der Waals surface area contributed by atoms with Gasteiger partial charge >= 0.3 is 17.9 Å². The van der Waals surface area contributed by atoms with Crippen molar-refractivity contribution < 1.29 is 52.4 Å². The zero-order chi connectivity index (χ0) is 37.1. The van der Waals surface area contributed by atoms with Gasteiger partial charge in [0.2, 0.25) is 5.78 Å². The highest BCUT2D eigenvalue weighted by molar-refractivity contribution is 6.38. The van der Waals surface area contributed by atoms with Crippen LogP contribution in [-0.4, -0.2) is 93.2 Å². The minimum Gasteiger partial charge on any atom is -0.493 e. The fourth-order valence-corrected chi connectivity index (χ4v) is 5.12. The molecule has 2 aromatic carbocycles. The first kappa shape index (κ1) is 39.5. The predicted molar refractivity (Wildman–Crippen MR) is 183 cm³/mol. The number of aryl methyl sites for hydroxylation is 1. The highest BCUT2D eigenvalue weighted by atomic mass is 16.6. The summed E-state index contributed by atoms with van der Waals surface area (Å²) in [5, 5.41) is 3.10. The van der Waals surface area contributed by atoms with Gasteiger partial charge in [0.1, 0.15) is 30.1 Å². The lowest BCUT2D eigenvalue weighted by Crippen LogP contribution is -2.60. The first-order chi connectivity index (χ1) is 23.6. The number of Topliss-reactive ketones (excluding diaryl/α,β-unsaturated/α-hetero) is 1. The van der Waals surface area contributed by atoms with Crippen molar-refractivity contribution in [2.24, 2.45) is 5.41 Å². The summed E-state index contributed by atoms with van der Waals surface area (Å²) in [6.45, 7) is 11.4. The minimum atomic E-state index is -1.35. The lowest BCUT2D eigenvalue weighted by molar-refractivity contribution is -0.164. The zero-order valence-electron chi connectivity index (χ0n) is 29.9. The van der Waals surface area contributed by atoms with Gasteiger partial charge in [0.15, 0.2) is 18.1 Å². The van der Waals surface area contributed by atoms with Gasteiger partial charge in [-0.15, -0.1) is 0 Å². The average molecular weight is 697 g/mol. The predicted octanol–water partition coefficient (Wildman–Crippen LogP) is 3.77. The van der Waals surface area contributed by atoms with Crippen LogP contribution in [0.15, 0.2) is 55.1 Å². The lowest BCUT2D eigenvalue weighted by atomic mass is 9.88. The molecule has 1 amide bonds. The molecule has 2 aromatic rings. The lowest BCUT2D eigenvalue weighted by Gasteiger charge is -2.36. The first-order valence-corrected chi connectivity index (χ1v) is 16.3. The van der Waals surface area contributed by atoms with Crippen LogP contribution in [0.1, 0.15) is 58.3 Å². The second-order valence-electron chi connectivity index (χ2n) is 13.3. The zero-order valence-corrected chi connectivity index (χ0v) is 29.9. The molecule has 1 aliphatic rings. The summed E-state index contributed by atoms with van der Waals surface area (Å²) in [7, 11) is 3.09. The van der Waals surface area contributed by atoms with Gasteiger partial charge in [-0.25, -0.2) is 14.4 Å². The van der Waals surface area contributed by atoms with E-state index in [1.807, 2.05) is 12.1 Å². The molecule has 13 heteroatoms. The van der Waals surface area contributed by atoms with Gasteiger partial charge in [-0.2, -0.15) is 0 Å². The molecule has 0 radical (unpaired) electrons. The van der Waals surface area contributed by atoms with Crippen molar-refractivity contribution in [3.63, 3.8) is 0 Å². The Morgan fingerprint density at radius 1 is 1.00 bits per heavy atom. The highest BCUT2D eigenvalue weighted by Crippen LogP contribution is 2.32. The van der Waals surface area contributed by atoms with Gasteiger partial charge in [-0.3, -0.25) is 9.59 Å². The molecule has 0 aromatic heterocycles. The molecular formula is C37H48N2O11. The van der Waals surface area contributed by atoms with Crippen LogP contribution < -0.4 is 19.5 Å². The first-order valence-electron chi connectivity index (χ1n) is 16.3. The van der Waals surface area contributed by atoms with E-state index in [-0.39, 0.29) is 26.3 Å². The highest BCUT2D eigenvalue weighted by Gasteiger charge is 2.42. The smallest absolute Gasteiger partial charge is 0.344 e. The summed E-state index contributed by atoms with van der Waals surface area (Å²) < 4.78 is 33.0. The van der Waals surface area contributed by atoms with Crippen LogP contribution in [0.4, 0.5) is 0 Å². The maximum Gasteiger partial charge on any atom is 0.344 e. The number of rotatable bonds is 16. The van der Waals surface area contributed by atoms with E-state index < -0.39 is 52.8 Å². The Hall–Kier alpha value is -4.91. The van der Waals surface area contributed by atoms with E-state index >= 15 is 0 Å². The molecule has 1 heterocycles. The molecule has 1 aliphatic heterocycles. The van der Waals surface area contributed by atoms with Crippen molar-refractivity contribution in [1.29, 1.82) is 0 Å². The molecule has 2 atom stereocenters. The van der Waals surface area contributed by atoms with E-state index in [0.717, 1.165) is 11.6 Å². The van der Waals surface area contributed by atoms with Crippen molar-refractivity contribution in [1.82, 2.24) is 10.2 Å². The summed E-state index contributed by atoms with van der Waals surface area (Å²) in [5.41, 5.74) is -0.546. The second-order valence-corrected chi connectivity index (χ2v) is 13.3. The molecule has 0 saturated carbocycles. The largest absolute Gasteiger partial charge is 0.493 e. The third-order valence-corrected chi connectivity index (χ3v) is 7.74. The Bertz CT molecular complexity index is 1550. The molecule has 50 heavy (non-hydrogen) atoms. The summed E-state index contributed by atoms with van der Waals surface area (Å²) in [5.74, 6) is -2.19. The molecule has 3 rings (SSSR count). The van der Waals surface area contributed by atoms with Crippen LogP contribution >= 0.6 is 0 Å². The molecule has 272 valence electrons. The number of amides is 1. The Labute approximate surface area is 293 Å². The maximum absolute atomic E-state index is 13.9. The standard InChI is InChI=1S/C37H48N2O11/c1-9-31(40)48-23-37(5,6)33(42)34(43)39-18-17-38-21-27(39)35(44)49-28(15-13-24-14-16-29(45-7)30(19-24)46-8)25-11-10-12-26(20-25)47-22-32(41)50-36(2,3)4/h9-12,14,16,19-20,27-28,38H,1,13,15,17-18,21-23H2,2-8H3/t27-,28+/m0/s1. The van der Waals surface area contributed by atoms with Crippen LogP contribution in [0.2, 0.25) is 0 Å². The number of nitrogens with zero attached hydrogens (tertiary/aromatic N) is 1. The number of hydrogen-bond donors (Lipinski definition) is 1. The van der Waals surface area contributed by atoms with Crippen LogP contribution in [0.25, 0.3) is 0 Å². The van der Waals surface area contributed by atoms with E-state index in [2.05, 4.69) is 11.9 Å². The van der Waals surface area contributed by atoms with Crippen molar-refractivity contribution in [3.8, 4) is 17.2 Å². The number of ether oxygens (including phenoxy) is 6. The number of carbonyl (C=O) groups is 5. The normalized spacial score (nSPS) is 15.3. The van der Waals surface area contributed by atoms with Crippen LogP contribution in [0.5, 0.6) is 17.2 Å². The fraction of sp³-hybridized carbons (Fsp3) is 0.486. The topological polar surface area (TPSA) is 156 Å². The van der Waals surface area contributed by atoms with E-state index in [9.17, 15) is 24.0 Å². The average Bonchev–Trinajstić information content (AvgIpc) is 3.09. The number of esters is 3. The maximum atomic E-state index is 13.9. The Morgan fingerprint density at radius 2 is 1.72 bits per heavy atom. The van der Waals surface area contributed by atoms with E-state index in [4.69, 9.17) is 28.4 Å².